The third kappa shape index (κ3) is 3.55. The molecule has 1 aromatic rings. The highest BCUT2D eigenvalue weighted by molar-refractivity contribution is 5.03. The van der Waals surface area contributed by atoms with Gasteiger partial charge in [-0.2, -0.15) is 0 Å². The Labute approximate surface area is 116 Å². The first-order valence-corrected chi connectivity index (χ1v) is 7.30. The number of nitrogens with one attached hydrogen (secondary N) is 1. The SMILES string of the molecule is CCCNC(c1nccn1C)C1CN(CC)CCO1. The Morgan fingerprint density at radius 1 is 1.53 bits per heavy atom. The molecule has 2 heterocycles. The van der Waals surface area contributed by atoms with Gasteiger partial charge in [0.15, 0.2) is 0 Å². The van der Waals surface area contributed by atoms with E-state index in [0.717, 1.165) is 45.0 Å². The van der Waals surface area contributed by atoms with Crippen LogP contribution in [0.5, 0.6) is 0 Å². The minimum absolute atomic E-state index is 0.175. The average Bonchev–Trinajstić information content (AvgIpc) is 2.86. The van der Waals surface area contributed by atoms with Crippen molar-refractivity contribution >= 4 is 0 Å². The molecule has 0 bridgehead atoms. The molecular formula is C14H26N4O. The van der Waals surface area contributed by atoms with Crippen LogP contribution in [0.25, 0.3) is 0 Å². The maximum atomic E-state index is 5.99. The third-order valence-corrected chi connectivity index (χ3v) is 3.75. The fourth-order valence-corrected chi connectivity index (χ4v) is 2.59. The Morgan fingerprint density at radius 3 is 3.00 bits per heavy atom. The monoisotopic (exact) mass is 266 g/mol. The number of morpholine rings is 1. The molecule has 0 radical (unpaired) electrons. The van der Waals surface area contributed by atoms with Gasteiger partial charge >= 0.3 is 0 Å². The summed E-state index contributed by atoms with van der Waals surface area (Å²) in [7, 11) is 2.05. The van der Waals surface area contributed by atoms with Crippen molar-refractivity contribution < 1.29 is 4.74 Å². The largest absolute Gasteiger partial charge is 0.373 e. The first kappa shape index (κ1) is 14.5. The lowest BCUT2D eigenvalue weighted by molar-refractivity contribution is -0.0473. The van der Waals surface area contributed by atoms with E-state index >= 15 is 0 Å². The number of imidazole rings is 1. The summed E-state index contributed by atoms with van der Waals surface area (Å²) in [5.41, 5.74) is 0. The Morgan fingerprint density at radius 2 is 2.37 bits per heavy atom. The van der Waals surface area contributed by atoms with Crippen LogP contribution in [0.4, 0.5) is 0 Å². The maximum absolute atomic E-state index is 5.99. The molecule has 2 rings (SSSR count). The molecule has 1 aromatic heterocycles. The van der Waals surface area contributed by atoms with E-state index in [9.17, 15) is 0 Å². The van der Waals surface area contributed by atoms with Gasteiger partial charge in [-0.15, -0.1) is 0 Å². The molecule has 108 valence electrons. The number of aryl methyl sites for hydroxylation is 1. The number of hydrogen-bond acceptors (Lipinski definition) is 4. The van der Waals surface area contributed by atoms with Crippen molar-refractivity contribution in [2.45, 2.75) is 32.4 Å². The van der Waals surface area contributed by atoms with Crippen LogP contribution in [0, 0.1) is 0 Å². The first-order valence-electron chi connectivity index (χ1n) is 7.30. The molecule has 2 unspecified atom stereocenters. The molecule has 5 nitrogen and oxygen atoms in total. The quantitative estimate of drug-likeness (QED) is 0.839. The molecule has 0 spiro atoms. The molecule has 1 N–H and O–H groups in total. The van der Waals surface area contributed by atoms with Gasteiger partial charge in [-0.1, -0.05) is 13.8 Å². The minimum Gasteiger partial charge on any atom is -0.373 e. The summed E-state index contributed by atoms with van der Waals surface area (Å²) in [5, 5.41) is 3.59. The standard InChI is InChI=1S/C14H26N4O/c1-4-6-15-13(14-16-7-8-17(14)3)12-11-18(5-2)9-10-19-12/h7-8,12-13,15H,4-6,9-11H2,1-3H3. The minimum atomic E-state index is 0.175. The predicted octanol–water partition coefficient (Wildman–Crippen LogP) is 1.18. The van der Waals surface area contributed by atoms with Crippen molar-refractivity contribution in [2.24, 2.45) is 7.05 Å². The van der Waals surface area contributed by atoms with Gasteiger partial charge in [-0.25, -0.2) is 4.98 Å². The zero-order chi connectivity index (χ0) is 13.7. The summed E-state index contributed by atoms with van der Waals surface area (Å²) in [5.74, 6) is 1.07. The van der Waals surface area contributed by atoms with Crippen molar-refractivity contribution in [1.82, 2.24) is 19.8 Å². The molecule has 19 heavy (non-hydrogen) atoms. The van der Waals surface area contributed by atoms with Gasteiger partial charge in [-0.05, 0) is 19.5 Å². The lowest BCUT2D eigenvalue weighted by Gasteiger charge is -2.36. The zero-order valence-electron chi connectivity index (χ0n) is 12.3. The predicted molar refractivity (Wildman–Crippen MR) is 76.1 cm³/mol. The van der Waals surface area contributed by atoms with E-state index in [-0.39, 0.29) is 12.1 Å². The first-order chi connectivity index (χ1) is 9.26. The van der Waals surface area contributed by atoms with Gasteiger partial charge in [0.05, 0.1) is 18.8 Å². The van der Waals surface area contributed by atoms with Gasteiger partial charge < -0.3 is 14.6 Å². The Kier molecular flexibility index (Phi) is 5.36. The molecule has 0 saturated carbocycles. The van der Waals surface area contributed by atoms with Crippen LogP contribution in [-0.4, -0.2) is 53.3 Å². The van der Waals surface area contributed by atoms with Gasteiger partial charge in [0, 0.05) is 32.5 Å². The van der Waals surface area contributed by atoms with E-state index in [0.29, 0.717) is 0 Å². The van der Waals surface area contributed by atoms with Crippen molar-refractivity contribution in [3.8, 4) is 0 Å². The smallest absolute Gasteiger partial charge is 0.128 e. The molecule has 0 amide bonds. The van der Waals surface area contributed by atoms with Crippen LogP contribution in [0.2, 0.25) is 0 Å². The fourth-order valence-electron chi connectivity index (χ4n) is 2.59. The third-order valence-electron chi connectivity index (χ3n) is 3.75. The molecule has 5 heteroatoms. The molecule has 0 aromatic carbocycles. The van der Waals surface area contributed by atoms with Crippen LogP contribution in [0.15, 0.2) is 12.4 Å². The van der Waals surface area contributed by atoms with E-state index in [2.05, 4.69) is 33.6 Å². The number of ether oxygens (including phenoxy) is 1. The second kappa shape index (κ2) is 7.03. The fraction of sp³-hybridized carbons (Fsp3) is 0.786. The van der Waals surface area contributed by atoms with Gasteiger partial charge in [-0.3, -0.25) is 4.90 Å². The summed E-state index contributed by atoms with van der Waals surface area (Å²) in [6.07, 6.45) is 5.15. The normalized spacial score (nSPS) is 22.6. The molecular weight excluding hydrogens is 240 g/mol. The number of aromatic nitrogens is 2. The molecule has 2 atom stereocenters. The number of likely N-dealkylation sites (N-methyl/N-ethyl adjacent to an activating group) is 1. The lowest BCUT2D eigenvalue weighted by atomic mass is 10.1. The van der Waals surface area contributed by atoms with Crippen molar-refractivity contribution in [1.29, 1.82) is 0 Å². The van der Waals surface area contributed by atoms with E-state index in [1.165, 1.54) is 0 Å². The van der Waals surface area contributed by atoms with E-state index < -0.39 is 0 Å². The Balaban J connectivity index is 2.10. The highest BCUT2D eigenvalue weighted by Crippen LogP contribution is 2.21. The number of hydrogen-bond donors (Lipinski definition) is 1. The van der Waals surface area contributed by atoms with E-state index in [1.54, 1.807) is 0 Å². The summed E-state index contributed by atoms with van der Waals surface area (Å²) >= 11 is 0. The van der Waals surface area contributed by atoms with Crippen LogP contribution < -0.4 is 5.32 Å². The molecule has 0 aliphatic carbocycles. The average molecular weight is 266 g/mol. The van der Waals surface area contributed by atoms with Crippen molar-refractivity contribution in [2.75, 3.05) is 32.8 Å². The van der Waals surface area contributed by atoms with Gasteiger partial charge in [0.2, 0.25) is 0 Å². The highest BCUT2D eigenvalue weighted by Gasteiger charge is 2.30. The highest BCUT2D eigenvalue weighted by atomic mass is 16.5. The number of rotatable bonds is 6. The lowest BCUT2D eigenvalue weighted by Crippen LogP contribution is -2.48. The van der Waals surface area contributed by atoms with Crippen molar-refractivity contribution in [3.05, 3.63) is 18.2 Å². The number of nitrogens with zero attached hydrogens (tertiary/aromatic N) is 3. The Hall–Kier alpha value is -0.910. The maximum Gasteiger partial charge on any atom is 0.128 e. The van der Waals surface area contributed by atoms with E-state index in [4.69, 9.17) is 4.74 Å². The molecule has 1 aliphatic rings. The zero-order valence-corrected chi connectivity index (χ0v) is 12.3. The second-order valence-corrected chi connectivity index (χ2v) is 5.13. The summed E-state index contributed by atoms with van der Waals surface area (Å²) in [4.78, 5) is 6.94. The van der Waals surface area contributed by atoms with E-state index in [1.807, 2.05) is 19.4 Å². The summed E-state index contributed by atoms with van der Waals surface area (Å²) < 4.78 is 8.08. The van der Waals surface area contributed by atoms with Gasteiger partial charge in [0.1, 0.15) is 5.82 Å². The molecule has 1 fully saturated rings. The second-order valence-electron chi connectivity index (χ2n) is 5.13. The molecule has 1 aliphatic heterocycles. The van der Waals surface area contributed by atoms with Crippen LogP contribution in [0.1, 0.15) is 32.1 Å². The summed E-state index contributed by atoms with van der Waals surface area (Å²) in [6.45, 7) is 9.29. The Bertz CT molecular complexity index is 379. The van der Waals surface area contributed by atoms with Crippen LogP contribution in [-0.2, 0) is 11.8 Å². The van der Waals surface area contributed by atoms with Crippen LogP contribution >= 0.6 is 0 Å². The van der Waals surface area contributed by atoms with Gasteiger partial charge in [0.25, 0.3) is 0 Å². The van der Waals surface area contributed by atoms with Crippen molar-refractivity contribution in [3.63, 3.8) is 0 Å². The van der Waals surface area contributed by atoms with Crippen LogP contribution in [0.3, 0.4) is 0 Å². The molecule has 1 saturated heterocycles. The topological polar surface area (TPSA) is 42.3 Å². The summed E-state index contributed by atoms with van der Waals surface area (Å²) in [6, 6.07) is 0.175.